The van der Waals surface area contributed by atoms with E-state index in [9.17, 15) is 9.59 Å². The molecule has 0 bridgehead atoms. The van der Waals surface area contributed by atoms with E-state index in [0.29, 0.717) is 12.6 Å². The van der Waals surface area contributed by atoms with Gasteiger partial charge in [0.1, 0.15) is 5.76 Å². The van der Waals surface area contributed by atoms with Crippen LogP contribution in [0.3, 0.4) is 0 Å². The Morgan fingerprint density at radius 1 is 1.29 bits per heavy atom. The minimum Gasteiger partial charge on any atom is -0.467 e. The van der Waals surface area contributed by atoms with Crippen molar-refractivity contribution in [2.75, 3.05) is 19.6 Å². The number of hydrogen-bond acceptors (Lipinski definition) is 4. The van der Waals surface area contributed by atoms with Crippen LogP contribution in [-0.4, -0.2) is 53.3 Å². The minimum atomic E-state index is -0.131. The highest BCUT2D eigenvalue weighted by Crippen LogP contribution is 2.29. The van der Waals surface area contributed by atoms with Crippen molar-refractivity contribution in [1.29, 1.82) is 0 Å². The maximum absolute atomic E-state index is 12.4. The lowest BCUT2D eigenvalue weighted by Gasteiger charge is -2.34. The molecule has 24 heavy (non-hydrogen) atoms. The Labute approximate surface area is 143 Å². The zero-order valence-corrected chi connectivity index (χ0v) is 14.5. The summed E-state index contributed by atoms with van der Waals surface area (Å²) in [5.74, 6) is 0.929. The third-order valence-electron chi connectivity index (χ3n) is 5.26. The number of nitrogens with one attached hydrogen (secondary N) is 1. The number of carbonyl (C=O) groups is 2. The van der Waals surface area contributed by atoms with E-state index in [2.05, 4.69) is 10.2 Å². The van der Waals surface area contributed by atoms with Gasteiger partial charge in [-0.3, -0.25) is 14.5 Å². The molecule has 2 amide bonds. The predicted molar refractivity (Wildman–Crippen MR) is 90.3 cm³/mol. The lowest BCUT2D eigenvalue weighted by Crippen LogP contribution is -2.50. The summed E-state index contributed by atoms with van der Waals surface area (Å²) in [6, 6.07) is 4.13. The first-order valence-corrected chi connectivity index (χ1v) is 8.90. The average molecular weight is 333 g/mol. The highest BCUT2D eigenvalue weighted by molar-refractivity contribution is 5.78. The van der Waals surface area contributed by atoms with Crippen LogP contribution < -0.4 is 5.32 Å². The molecule has 132 valence electrons. The van der Waals surface area contributed by atoms with Gasteiger partial charge in [0.25, 0.3) is 0 Å². The number of carbonyl (C=O) groups excluding carboxylic acids is 2. The van der Waals surface area contributed by atoms with Gasteiger partial charge >= 0.3 is 0 Å². The number of furan rings is 1. The Kier molecular flexibility index (Phi) is 5.23. The monoisotopic (exact) mass is 333 g/mol. The van der Waals surface area contributed by atoms with Gasteiger partial charge in [0.05, 0.1) is 18.8 Å². The molecule has 0 radical (unpaired) electrons. The molecule has 0 aliphatic carbocycles. The predicted octanol–water partition coefficient (Wildman–Crippen LogP) is 1.93. The molecule has 3 heterocycles. The molecule has 2 saturated heterocycles. The van der Waals surface area contributed by atoms with Gasteiger partial charge in [0.2, 0.25) is 11.8 Å². The maximum Gasteiger partial charge on any atom is 0.234 e. The molecule has 2 aliphatic heterocycles. The molecule has 3 unspecified atom stereocenters. The first-order chi connectivity index (χ1) is 11.6. The van der Waals surface area contributed by atoms with Gasteiger partial charge < -0.3 is 14.6 Å². The molecule has 0 aromatic carbocycles. The number of hydrogen-bond donors (Lipinski definition) is 1. The molecule has 3 rings (SSSR count). The fourth-order valence-corrected chi connectivity index (χ4v) is 4.15. The normalized spacial score (nSPS) is 25.8. The highest BCUT2D eigenvalue weighted by Gasteiger charge is 2.39. The van der Waals surface area contributed by atoms with Crippen molar-refractivity contribution in [3.05, 3.63) is 24.2 Å². The largest absolute Gasteiger partial charge is 0.467 e. The Hall–Kier alpha value is -1.82. The molecule has 0 saturated carbocycles. The summed E-state index contributed by atoms with van der Waals surface area (Å²) in [6.45, 7) is 5.74. The van der Waals surface area contributed by atoms with E-state index < -0.39 is 0 Å². The van der Waals surface area contributed by atoms with Gasteiger partial charge in [-0.1, -0.05) is 0 Å². The molecule has 0 spiro atoms. The fourth-order valence-electron chi connectivity index (χ4n) is 4.15. The lowest BCUT2D eigenvalue weighted by atomic mass is 10.0. The van der Waals surface area contributed by atoms with Crippen molar-refractivity contribution < 1.29 is 14.0 Å². The summed E-state index contributed by atoms with van der Waals surface area (Å²) in [4.78, 5) is 28.5. The van der Waals surface area contributed by atoms with E-state index in [4.69, 9.17) is 4.42 Å². The van der Waals surface area contributed by atoms with E-state index in [0.717, 1.165) is 44.5 Å². The lowest BCUT2D eigenvalue weighted by molar-refractivity contribution is -0.130. The van der Waals surface area contributed by atoms with Crippen molar-refractivity contribution in [2.24, 2.45) is 0 Å². The van der Waals surface area contributed by atoms with E-state index in [-0.39, 0.29) is 23.9 Å². The van der Waals surface area contributed by atoms with Crippen LogP contribution in [0.15, 0.2) is 22.8 Å². The number of amides is 2. The summed E-state index contributed by atoms with van der Waals surface area (Å²) in [7, 11) is 0. The molecule has 2 fully saturated rings. The number of likely N-dealkylation sites (tertiary alicyclic amines) is 2. The van der Waals surface area contributed by atoms with Crippen molar-refractivity contribution >= 4 is 11.8 Å². The average Bonchev–Trinajstić information content (AvgIpc) is 3.28. The van der Waals surface area contributed by atoms with Crippen molar-refractivity contribution in [3.8, 4) is 0 Å². The van der Waals surface area contributed by atoms with E-state index >= 15 is 0 Å². The van der Waals surface area contributed by atoms with Crippen LogP contribution in [0.4, 0.5) is 0 Å². The van der Waals surface area contributed by atoms with Crippen molar-refractivity contribution in [3.63, 3.8) is 0 Å². The molecule has 6 nitrogen and oxygen atoms in total. The molecular formula is C18H27N3O3. The third kappa shape index (κ3) is 3.64. The van der Waals surface area contributed by atoms with E-state index in [1.165, 1.54) is 0 Å². The van der Waals surface area contributed by atoms with Gasteiger partial charge in [-0.25, -0.2) is 0 Å². The first kappa shape index (κ1) is 17.0. The van der Waals surface area contributed by atoms with E-state index in [1.54, 1.807) is 13.2 Å². The van der Waals surface area contributed by atoms with Gasteiger partial charge in [0.15, 0.2) is 0 Å². The van der Waals surface area contributed by atoms with Crippen molar-refractivity contribution in [2.45, 2.75) is 57.7 Å². The highest BCUT2D eigenvalue weighted by atomic mass is 16.3. The number of rotatable bonds is 5. The SMILES string of the molecule is CC(=O)N1CCCC1C1CCCN1CC(=O)NC(C)c1ccco1. The summed E-state index contributed by atoms with van der Waals surface area (Å²) < 4.78 is 5.34. The molecule has 1 N–H and O–H groups in total. The number of nitrogens with zero attached hydrogens (tertiary/aromatic N) is 2. The molecular weight excluding hydrogens is 306 g/mol. The van der Waals surface area contributed by atoms with Gasteiger partial charge in [-0.05, 0) is 51.3 Å². The Morgan fingerprint density at radius 2 is 2.04 bits per heavy atom. The Morgan fingerprint density at radius 3 is 2.75 bits per heavy atom. The molecule has 1 aromatic rings. The zero-order valence-electron chi connectivity index (χ0n) is 14.5. The van der Waals surface area contributed by atoms with Gasteiger partial charge in [0, 0.05) is 25.6 Å². The topological polar surface area (TPSA) is 65.8 Å². The van der Waals surface area contributed by atoms with Crippen LogP contribution in [-0.2, 0) is 9.59 Å². The van der Waals surface area contributed by atoms with Gasteiger partial charge in [-0.15, -0.1) is 0 Å². The van der Waals surface area contributed by atoms with E-state index in [1.807, 2.05) is 24.0 Å². The second-order valence-corrected chi connectivity index (χ2v) is 6.91. The summed E-state index contributed by atoms with van der Waals surface area (Å²) in [5, 5.41) is 3.00. The van der Waals surface area contributed by atoms with Crippen LogP contribution in [0, 0.1) is 0 Å². The standard InChI is InChI=1S/C18H27N3O3/c1-13(17-8-5-11-24-17)19-18(23)12-20-9-3-6-15(20)16-7-4-10-21(16)14(2)22/h5,8,11,13,15-16H,3-4,6-7,9-10,12H2,1-2H3,(H,19,23). The second-order valence-electron chi connectivity index (χ2n) is 6.91. The van der Waals surface area contributed by atoms with Crippen LogP contribution >= 0.6 is 0 Å². The fraction of sp³-hybridized carbons (Fsp3) is 0.667. The van der Waals surface area contributed by atoms with Crippen LogP contribution in [0.25, 0.3) is 0 Å². The summed E-state index contributed by atoms with van der Waals surface area (Å²) in [5.41, 5.74) is 0. The molecule has 2 aliphatic rings. The van der Waals surface area contributed by atoms with Crippen LogP contribution in [0.1, 0.15) is 51.3 Å². The second kappa shape index (κ2) is 7.38. The molecule has 1 aromatic heterocycles. The Balaban J connectivity index is 1.57. The van der Waals surface area contributed by atoms with Gasteiger partial charge in [-0.2, -0.15) is 0 Å². The maximum atomic E-state index is 12.4. The smallest absolute Gasteiger partial charge is 0.234 e. The molecule has 3 atom stereocenters. The van der Waals surface area contributed by atoms with Crippen molar-refractivity contribution in [1.82, 2.24) is 15.1 Å². The van der Waals surface area contributed by atoms with Crippen LogP contribution in [0.2, 0.25) is 0 Å². The molecule has 6 heteroatoms. The van der Waals surface area contributed by atoms with Crippen LogP contribution in [0.5, 0.6) is 0 Å². The third-order valence-corrected chi connectivity index (χ3v) is 5.26. The first-order valence-electron chi connectivity index (χ1n) is 8.90. The quantitative estimate of drug-likeness (QED) is 0.894. The Bertz CT molecular complexity index is 572. The summed E-state index contributed by atoms with van der Waals surface area (Å²) in [6.07, 6.45) is 5.88. The summed E-state index contributed by atoms with van der Waals surface area (Å²) >= 11 is 0. The minimum absolute atomic E-state index is 0.0122. The zero-order chi connectivity index (χ0) is 17.1.